The zero-order chi connectivity index (χ0) is 22.2. The van der Waals surface area contributed by atoms with Crippen molar-refractivity contribution >= 4 is 17.6 Å². The molecule has 31 heavy (non-hydrogen) atoms. The van der Waals surface area contributed by atoms with Crippen molar-refractivity contribution in [2.45, 2.75) is 38.0 Å². The van der Waals surface area contributed by atoms with Crippen LogP contribution in [0.4, 0.5) is 4.39 Å². The fourth-order valence-corrected chi connectivity index (χ4v) is 3.91. The van der Waals surface area contributed by atoms with Gasteiger partial charge >= 0.3 is 5.97 Å². The van der Waals surface area contributed by atoms with Crippen LogP contribution in [0, 0.1) is 5.82 Å². The maximum atomic E-state index is 13.2. The Kier molecular flexibility index (Phi) is 8.66. The number of aliphatic hydroxyl groups is 1. The lowest BCUT2D eigenvalue weighted by Crippen LogP contribution is -2.45. The highest BCUT2D eigenvalue weighted by Crippen LogP contribution is 2.21. The Balaban J connectivity index is 1.37. The summed E-state index contributed by atoms with van der Waals surface area (Å²) in [6.45, 7) is 2.96. The molecule has 0 amide bonds. The van der Waals surface area contributed by atoms with Gasteiger partial charge in [0.05, 0.1) is 6.42 Å². The summed E-state index contributed by atoms with van der Waals surface area (Å²) in [6.07, 6.45) is 1.06. The van der Waals surface area contributed by atoms with Crippen molar-refractivity contribution in [3.05, 3.63) is 64.4 Å². The minimum atomic E-state index is -0.925. The van der Waals surface area contributed by atoms with Crippen molar-refractivity contribution < 1.29 is 24.1 Å². The van der Waals surface area contributed by atoms with Crippen LogP contribution in [0.1, 0.15) is 24.0 Å². The molecule has 0 radical (unpaired) electrons. The van der Waals surface area contributed by atoms with Crippen LogP contribution in [0.2, 0.25) is 5.02 Å². The Morgan fingerprint density at radius 3 is 2.68 bits per heavy atom. The van der Waals surface area contributed by atoms with Crippen molar-refractivity contribution in [1.29, 1.82) is 0 Å². The first-order valence-electron chi connectivity index (χ1n) is 10.4. The SMILES string of the molecule is O=C(O)Cc1ccccc1OC[C@H](O)CNC1CCN(Cc2ccc(F)cc2Cl)CC1. The molecule has 0 bridgehead atoms. The number of hydrogen-bond donors (Lipinski definition) is 3. The summed E-state index contributed by atoms with van der Waals surface area (Å²) in [5.74, 6) is -0.771. The van der Waals surface area contributed by atoms with Gasteiger partial charge in [-0.3, -0.25) is 9.69 Å². The summed E-state index contributed by atoms with van der Waals surface area (Å²) in [4.78, 5) is 13.2. The highest BCUT2D eigenvalue weighted by atomic mass is 35.5. The van der Waals surface area contributed by atoms with Crippen molar-refractivity contribution in [3.63, 3.8) is 0 Å². The molecule has 0 unspecified atom stereocenters. The van der Waals surface area contributed by atoms with Gasteiger partial charge in [-0.05, 0) is 49.7 Å². The summed E-state index contributed by atoms with van der Waals surface area (Å²) < 4.78 is 18.8. The Bertz CT molecular complexity index is 874. The van der Waals surface area contributed by atoms with Crippen LogP contribution in [-0.4, -0.2) is 59.5 Å². The maximum absolute atomic E-state index is 13.2. The van der Waals surface area contributed by atoms with E-state index in [9.17, 15) is 14.3 Å². The number of likely N-dealkylation sites (tertiary alicyclic amines) is 1. The molecule has 1 saturated heterocycles. The second kappa shape index (κ2) is 11.4. The molecule has 1 aliphatic rings. The van der Waals surface area contributed by atoms with Crippen LogP contribution in [0.5, 0.6) is 5.75 Å². The Morgan fingerprint density at radius 2 is 1.97 bits per heavy atom. The third-order valence-corrected chi connectivity index (χ3v) is 5.74. The van der Waals surface area contributed by atoms with E-state index in [1.165, 1.54) is 12.1 Å². The molecule has 1 atom stereocenters. The van der Waals surface area contributed by atoms with E-state index in [4.69, 9.17) is 21.4 Å². The number of benzene rings is 2. The predicted octanol–water partition coefficient (Wildman–Crippen LogP) is 3.10. The lowest BCUT2D eigenvalue weighted by atomic mass is 10.0. The molecule has 168 valence electrons. The number of aliphatic carboxylic acids is 1. The third-order valence-electron chi connectivity index (χ3n) is 5.38. The van der Waals surface area contributed by atoms with Crippen LogP contribution in [0.25, 0.3) is 0 Å². The van der Waals surface area contributed by atoms with Gasteiger partial charge in [0.2, 0.25) is 0 Å². The molecule has 6 nitrogen and oxygen atoms in total. The van der Waals surface area contributed by atoms with Crippen molar-refractivity contribution in [2.75, 3.05) is 26.2 Å². The van der Waals surface area contributed by atoms with Gasteiger partial charge in [0.1, 0.15) is 24.3 Å². The number of carboxylic acids is 1. The minimum Gasteiger partial charge on any atom is -0.491 e. The molecule has 1 aliphatic heterocycles. The number of carbonyl (C=O) groups is 1. The van der Waals surface area contributed by atoms with Gasteiger partial charge in [-0.1, -0.05) is 35.9 Å². The molecule has 1 heterocycles. The number of carboxylic acid groups (broad SMARTS) is 1. The summed E-state index contributed by atoms with van der Waals surface area (Å²) >= 11 is 6.12. The van der Waals surface area contributed by atoms with Crippen LogP contribution in [0.3, 0.4) is 0 Å². The van der Waals surface area contributed by atoms with Gasteiger partial charge in [-0.25, -0.2) is 4.39 Å². The number of aliphatic hydroxyl groups excluding tert-OH is 1. The summed E-state index contributed by atoms with van der Waals surface area (Å²) in [5, 5.41) is 23.1. The van der Waals surface area contributed by atoms with E-state index in [1.54, 1.807) is 30.3 Å². The summed E-state index contributed by atoms with van der Waals surface area (Å²) in [6, 6.07) is 11.8. The molecule has 0 aliphatic carbocycles. The lowest BCUT2D eigenvalue weighted by Gasteiger charge is -2.33. The first kappa shape index (κ1) is 23.5. The molecule has 2 aromatic rings. The van der Waals surface area contributed by atoms with Crippen LogP contribution < -0.4 is 10.1 Å². The second-order valence-corrected chi connectivity index (χ2v) is 8.24. The van der Waals surface area contributed by atoms with E-state index >= 15 is 0 Å². The number of para-hydroxylation sites is 1. The van der Waals surface area contributed by atoms with E-state index in [-0.39, 0.29) is 18.8 Å². The molecule has 3 N–H and O–H groups in total. The molecular weight excluding hydrogens is 423 g/mol. The average Bonchev–Trinajstić information content (AvgIpc) is 2.74. The number of nitrogens with zero attached hydrogens (tertiary/aromatic N) is 1. The first-order chi connectivity index (χ1) is 14.9. The Hall–Kier alpha value is -2.19. The Morgan fingerprint density at radius 1 is 1.23 bits per heavy atom. The van der Waals surface area contributed by atoms with E-state index in [0.717, 1.165) is 31.5 Å². The molecular formula is C23H28ClFN2O4. The van der Waals surface area contributed by atoms with Gasteiger partial charge in [0.25, 0.3) is 0 Å². The highest BCUT2D eigenvalue weighted by Gasteiger charge is 2.20. The molecule has 3 rings (SSSR count). The number of halogens is 2. The van der Waals surface area contributed by atoms with Crippen LogP contribution >= 0.6 is 11.6 Å². The summed E-state index contributed by atoms with van der Waals surface area (Å²) in [7, 11) is 0. The van der Waals surface area contributed by atoms with Crippen molar-refractivity contribution in [1.82, 2.24) is 10.2 Å². The van der Waals surface area contributed by atoms with E-state index in [2.05, 4.69) is 10.2 Å². The van der Waals surface area contributed by atoms with Crippen molar-refractivity contribution in [2.24, 2.45) is 0 Å². The highest BCUT2D eigenvalue weighted by molar-refractivity contribution is 6.31. The molecule has 0 aromatic heterocycles. The van der Waals surface area contributed by atoms with E-state index in [1.807, 2.05) is 0 Å². The lowest BCUT2D eigenvalue weighted by molar-refractivity contribution is -0.136. The van der Waals surface area contributed by atoms with Crippen LogP contribution in [0.15, 0.2) is 42.5 Å². The first-order valence-corrected chi connectivity index (χ1v) is 10.8. The number of nitrogens with one attached hydrogen (secondary N) is 1. The van der Waals surface area contributed by atoms with E-state index < -0.39 is 12.1 Å². The van der Waals surface area contributed by atoms with Gasteiger partial charge in [0, 0.05) is 29.7 Å². The number of ether oxygens (including phenoxy) is 1. The maximum Gasteiger partial charge on any atom is 0.307 e. The number of hydrogen-bond acceptors (Lipinski definition) is 5. The zero-order valence-electron chi connectivity index (χ0n) is 17.3. The van der Waals surface area contributed by atoms with Gasteiger partial charge in [-0.2, -0.15) is 0 Å². The van der Waals surface area contributed by atoms with E-state index in [0.29, 0.717) is 35.5 Å². The zero-order valence-corrected chi connectivity index (χ0v) is 18.0. The van der Waals surface area contributed by atoms with Crippen LogP contribution in [-0.2, 0) is 17.8 Å². The van der Waals surface area contributed by atoms with Gasteiger partial charge < -0.3 is 20.3 Å². The second-order valence-electron chi connectivity index (χ2n) is 7.84. The minimum absolute atomic E-state index is 0.0888. The quantitative estimate of drug-likeness (QED) is 0.516. The predicted molar refractivity (Wildman–Crippen MR) is 117 cm³/mol. The molecule has 8 heteroatoms. The van der Waals surface area contributed by atoms with Gasteiger partial charge in [-0.15, -0.1) is 0 Å². The molecule has 0 spiro atoms. The smallest absolute Gasteiger partial charge is 0.307 e. The fourth-order valence-electron chi connectivity index (χ4n) is 3.69. The average molecular weight is 451 g/mol. The molecule has 0 saturated carbocycles. The van der Waals surface area contributed by atoms with Gasteiger partial charge in [0.15, 0.2) is 0 Å². The number of piperidine rings is 1. The standard InChI is InChI=1S/C23H28ClFN2O4/c24-21-12-18(25)6-5-17(21)14-27-9-7-19(8-10-27)26-13-20(28)15-31-22-4-2-1-3-16(22)11-23(29)30/h1-6,12,19-20,26,28H,7-11,13-15H2,(H,29,30)/t20-/m1/s1. The third kappa shape index (κ3) is 7.47. The summed E-state index contributed by atoms with van der Waals surface area (Å²) in [5.41, 5.74) is 1.51. The Labute approximate surface area is 186 Å². The van der Waals surface area contributed by atoms with Crippen molar-refractivity contribution in [3.8, 4) is 5.75 Å². The molecule has 1 fully saturated rings. The largest absolute Gasteiger partial charge is 0.491 e. The molecule has 2 aromatic carbocycles. The topological polar surface area (TPSA) is 82.0 Å². The monoisotopic (exact) mass is 450 g/mol. The normalized spacial score (nSPS) is 16.2. The number of rotatable bonds is 10. The fraction of sp³-hybridized carbons (Fsp3) is 0.435.